The summed E-state index contributed by atoms with van der Waals surface area (Å²) in [5.74, 6) is -1.03. The molecule has 5 heteroatoms. The van der Waals surface area contributed by atoms with E-state index >= 15 is 0 Å². The van der Waals surface area contributed by atoms with Crippen molar-refractivity contribution in [2.45, 2.75) is 51.7 Å². The van der Waals surface area contributed by atoms with Crippen molar-refractivity contribution in [3.63, 3.8) is 0 Å². The third kappa shape index (κ3) is 6.26. The molecule has 0 radical (unpaired) electrons. The lowest BCUT2D eigenvalue weighted by Gasteiger charge is -2.23. The number of carbonyl (C=O) groups is 2. The molecule has 1 N–H and O–H groups in total. The molecular weight excluding hydrogens is 222 g/mol. The fourth-order valence-corrected chi connectivity index (χ4v) is 1.64. The first-order valence-corrected chi connectivity index (χ1v) is 5.99. The molecule has 1 fully saturated rings. The van der Waals surface area contributed by atoms with Crippen LogP contribution in [0.2, 0.25) is 0 Å². The zero-order chi connectivity index (χ0) is 12.9. The summed E-state index contributed by atoms with van der Waals surface area (Å²) in [6.45, 7) is 7.00. The van der Waals surface area contributed by atoms with E-state index in [1.54, 1.807) is 20.8 Å². The lowest BCUT2D eigenvalue weighted by atomic mass is 10.1. The Kier molecular flexibility index (Phi) is 4.93. The Morgan fingerprint density at radius 2 is 1.76 bits per heavy atom. The average Bonchev–Trinajstić information content (AvgIpc) is 2.15. The Balaban J connectivity index is 2.26. The van der Waals surface area contributed by atoms with Gasteiger partial charge >= 0.3 is 11.9 Å². The molecule has 0 atom stereocenters. The molecule has 98 valence electrons. The molecule has 0 spiro atoms. The van der Waals surface area contributed by atoms with Gasteiger partial charge in [-0.25, -0.2) is 0 Å². The van der Waals surface area contributed by atoms with Crippen molar-refractivity contribution in [3.8, 4) is 0 Å². The first-order valence-electron chi connectivity index (χ1n) is 5.99. The number of rotatable bonds is 3. The minimum Gasteiger partial charge on any atom is -0.462 e. The summed E-state index contributed by atoms with van der Waals surface area (Å²) in [6, 6.07) is 0. The van der Waals surface area contributed by atoms with Crippen molar-refractivity contribution >= 4 is 11.9 Å². The first-order chi connectivity index (χ1) is 7.87. The highest BCUT2D eigenvalue weighted by Gasteiger charge is 2.22. The Morgan fingerprint density at radius 3 is 2.29 bits per heavy atom. The summed E-state index contributed by atoms with van der Waals surface area (Å²) in [4.78, 5) is 22.8. The van der Waals surface area contributed by atoms with Crippen molar-refractivity contribution in [1.29, 1.82) is 0 Å². The van der Waals surface area contributed by atoms with Crippen LogP contribution in [0.1, 0.15) is 40.0 Å². The number of piperidine rings is 1. The number of ether oxygens (including phenoxy) is 2. The summed E-state index contributed by atoms with van der Waals surface area (Å²) in [7, 11) is 0. The molecular formula is C12H21NO4. The fraction of sp³-hybridized carbons (Fsp3) is 0.833. The molecule has 1 aliphatic heterocycles. The van der Waals surface area contributed by atoms with Gasteiger partial charge in [0.05, 0.1) is 0 Å². The predicted molar refractivity (Wildman–Crippen MR) is 62.4 cm³/mol. The van der Waals surface area contributed by atoms with Gasteiger partial charge in [0, 0.05) is 0 Å². The highest BCUT2D eigenvalue weighted by atomic mass is 16.6. The molecule has 17 heavy (non-hydrogen) atoms. The summed E-state index contributed by atoms with van der Waals surface area (Å²) in [5.41, 5.74) is -0.563. The van der Waals surface area contributed by atoms with Crippen LogP contribution in [0.25, 0.3) is 0 Å². The van der Waals surface area contributed by atoms with Gasteiger partial charge in [0.1, 0.15) is 18.1 Å². The number of hydrogen-bond acceptors (Lipinski definition) is 5. The van der Waals surface area contributed by atoms with E-state index in [0.29, 0.717) is 0 Å². The number of carbonyl (C=O) groups excluding carboxylic acids is 2. The zero-order valence-electron chi connectivity index (χ0n) is 10.7. The zero-order valence-corrected chi connectivity index (χ0v) is 10.7. The summed E-state index contributed by atoms with van der Waals surface area (Å²) in [5, 5.41) is 3.18. The van der Waals surface area contributed by atoms with Gasteiger partial charge in [-0.1, -0.05) is 0 Å². The largest absolute Gasteiger partial charge is 0.462 e. The van der Waals surface area contributed by atoms with Crippen LogP contribution >= 0.6 is 0 Å². The quantitative estimate of drug-likeness (QED) is 0.592. The summed E-state index contributed by atoms with van der Waals surface area (Å²) in [6.07, 6.45) is 1.24. The molecule has 0 aromatic heterocycles. The lowest BCUT2D eigenvalue weighted by molar-refractivity contribution is -0.164. The normalized spacial score (nSPS) is 17.6. The van der Waals surface area contributed by atoms with Crippen molar-refractivity contribution in [1.82, 2.24) is 5.32 Å². The molecule has 1 aliphatic rings. The van der Waals surface area contributed by atoms with E-state index in [4.69, 9.17) is 9.47 Å². The minimum atomic E-state index is -0.563. The van der Waals surface area contributed by atoms with Gasteiger partial charge in [-0.05, 0) is 46.7 Å². The van der Waals surface area contributed by atoms with Gasteiger partial charge in [0.15, 0.2) is 0 Å². The molecule has 0 amide bonds. The van der Waals surface area contributed by atoms with Crippen LogP contribution in [0.15, 0.2) is 0 Å². The van der Waals surface area contributed by atoms with Crippen LogP contribution in [0, 0.1) is 0 Å². The van der Waals surface area contributed by atoms with E-state index in [0.717, 1.165) is 25.9 Å². The lowest BCUT2D eigenvalue weighted by Crippen LogP contribution is -2.34. The van der Waals surface area contributed by atoms with Crippen LogP contribution in [0.5, 0.6) is 0 Å². The topological polar surface area (TPSA) is 64.6 Å². The van der Waals surface area contributed by atoms with Crippen LogP contribution < -0.4 is 5.32 Å². The molecule has 0 saturated carbocycles. The van der Waals surface area contributed by atoms with Gasteiger partial charge in [-0.3, -0.25) is 9.59 Å². The molecule has 0 aromatic rings. The number of esters is 2. The van der Waals surface area contributed by atoms with Gasteiger partial charge in [0.2, 0.25) is 0 Å². The summed E-state index contributed by atoms with van der Waals surface area (Å²) < 4.78 is 10.2. The Bertz CT molecular complexity index is 277. The number of nitrogens with one attached hydrogen (secondary N) is 1. The second-order valence-electron chi connectivity index (χ2n) is 5.20. The molecule has 1 saturated heterocycles. The summed E-state index contributed by atoms with van der Waals surface area (Å²) >= 11 is 0. The highest BCUT2D eigenvalue weighted by molar-refractivity contribution is 5.91. The first kappa shape index (κ1) is 14.0. The average molecular weight is 243 g/mol. The van der Waals surface area contributed by atoms with Gasteiger partial charge in [0.25, 0.3) is 0 Å². The van der Waals surface area contributed by atoms with Gasteiger partial charge in [-0.15, -0.1) is 0 Å². The number of hydrogen-bond donors (Lipinski definition) is 1. The fourth-order valence-electron chi connectivity index (χ4n) is 1.64. The molecule has 1 rings (SSSR count). The van der Waals surface area contributed by atoms with Crippen molar-refractivity contribution in [2.24, 2.45) is 0 Å². The Labute approximate surface area is 102 Å². The molecule has 0 aliphatic carbocycles. The van der Waals surface area contributed by atoms with Crippen LogP contribution in [-0.4, -0.2) is 36.7 Å². The Morgan fingerprint density at radius 1 is 1.18 bits per heavy atom. The van der Waals surface area contributed by atoms with E-state index < -0.39 is 17.5 Å². The molecule has 5 nitrogen and oxygen atoms in total. The van der Waals surface area contributed by atoms with E-state index in [2.05, 4.69) is 5.32 Å². The maximum Gasteiger partial charge on any atom is 0.317 e. The SMILES string of the molecule is CC(C)(C)OC(=O)CC(=O)OC1CCNCC1. The van der Waals surface area contributed by atoms with E-state index in [1.165, 1.54) is 0 Å². The van der Waals surface area contributed by atoms with Gasteiger partial charge in [-0.2, -0.15) is 0 Å². The third-order valence-corrected chi connectivity index (χ3v) is 2.29. The Hall–Kier alpha value is -1.10. The van der Waals surface area contributed by atoms with Crippen LogP contribution in [0.3, 0.4) is 0 Å². The molecule has 0 unspecified atom stereocenters. The standard InChI is InChI=1S/C12H21NO4/c1-12(2,3)17-11(15)8-10(14)16-9-4-6-13-7-5-9/h9,13H,4-8H2,1-3H3. The monoisotopic (exact) mass is 243 g/mol. The minimum absolute atomic E-state index is 0.0637. The second-order valence-corrected chi connectivity index (χ2v) is 5.20. The van der Waals surface area contributed by atoms with Crippen molar-refractivity contribution < 1.29 is 19.1 Å². The highest BCUT2D eigenvalue weighted by Crippen LogP contribution is 2.11. The maximum absolute atomic E-state index is 11.5. The van der Waals surface area contributed by atoms with Crippen molar-refractivity contribution in [2.75, 3.05) is 13.1 Å². The van der Waals surface area contributed by atoms with Gasteiger partial charge < -0.3 is 14.8 Å². The third-order valence-electron chi connectivity index (χ3n) is 2.29. The van der Waals surface area contributed by atoms with Crippen LogP contribution in [0.4, 0.5) is 0 Å². The predicted octanol–water partition coefficient (Wildman–Crippen LogP) is 1.01. The van der Waals surface area contributed by atoms with E-state index in [1.807, 2.05) is 0 Å². The second kappa shape index (κ2) is 6.00. The van der Waals surface area contributed by atoms with Crippen LogP contribution in [-0.2, 0) is 19.1 Å². The maximum atomic E-state index is 11.5. The smallest absolute Gasteiger partial charge is 0.317 e. The molecule has 0 bridgehead atoms. The molecule has 1 heterocycles. The molecule has 0 aromatic carbocycles. The van der Waals surface area contributed by atoms with E-state index in [9.17, 15) is 9.59 Å². The van der Waals surface area contributed by atoms with Crippen molar-refractivity contribution in [3.05, 3.63) is 0 Å². The van der Waals surface area contributed by atoms with E-state index in [-0.39, 0.29) is 12.5 Å².